The van der Waals surface area contributed by atoms with E-state index in [1.54, 1.807) is 0 Å². The Morgan fingerprint density at radius 2 is 1.61 bits per heavy atom. The summed E-state index contributed by atoms with van der Waals surface area (Å²) >= 11 is 0. The van der Waals surface area contributed by atoms with Crippen molar-refractivity contribution in [3.63, 3.8) is 0 Å². The van der Waals surface area contributed by atoms with Gasteiger partial charge >= 0.3 is 0 Å². The number of aliphatic imine (C=N–C) groups is 1. The van der Waals surface area contributed by atoms with Crippen LogP contribution in [0.3, 0.4) is 0 Å². The van der Waals surface area contributed by atoms with Crippen molar-refractivity contribution >= 4 is 21.7 Å². The fourth-order valence-electron chi connectivity index (χ4n) is 2.88. The second-order valence-electron chi connectivity index (χ2n) is 7.47. The van der Waals surface area contributed by atoms with Gasteiger partial charge in [0, 0.05) is 18.8 Å². The monoisotopic (exact) mass is 400 g/mol. The summed E-state index contributed by atoms with van der Waals surface area (Å²) in [7, 11) is -3.29. The molecule has 0 saturated heterocycles. The van der Waals surface area contributed by atoms with Crippen LogP contribution in [0.2, 0.25) is 0 Å². The minimum Gasteiger partial charge on any atom is -0.354 e. The minimum atomic E-state index is -3.29. The number of rotatable bonds is 8. The molecule has 2 aromatic carbocycles. The molecule has 1 aliphatic rings. The highest BCUT2D eigenvalue weighted by atomic mass is 32.2. The zero-order valence-corrected chi connectivity index (χ0v) is 17.2. The van der Waals surface area contributed by atoms with Gasteiger partial charge in [-0.3, -0.25) is 4.99 Å². The van der Waals surface area contributed by atoms with Crippen molar-refractivity contribution < 1.29 is 8.42 Å². The van der Waals surface area contributed by atoms with Gasteiger partial charge in [0.15, 0.2) is 5.96 Å². The first kappa shape index (κ1) is 20.4. The van der Waals surface area contributed by atoms with Crippen molar-refractivity contribution in [2.24, 2.45) is 10.9 Å². The van der Waals surface area contributed by atoms with Gasteiger partial charge < -0.3 is 10.6 Å². The largest absolute Gasteiger partial charge is 0.354 e. The summed E-state index contributed by atoms with van der Waals surface area (Å²) in [6, 6.07) is 16.0. The molecule has 1 aliphatic heterocycles. The number of nitrogens with one attached hydrogen (secondary N) is 3. The van der Waals surface area contributed by atoms with Gasteiger partial charge in [0.1, 0.15) is 0 Å². The van der Waals surface area contributed by atoms with Crippen LogP contribution in [0.15, 0.2) is 53.5 Å². The molecule has 0 saturated carbocycles. The van der Waals surface area contributed by atoms with Crippen LogP contribution < -0.4 is 15.4 Å². The Balaban J connectivity index is 1.55. The van der Waals surface area contributed by atoms with Crippen LogP contribution in [0, 0.1) is 5.92 Å². The number of hydrogen-bond donors (Lipinski definition) is 3. The van der Waals surface area contributed by atoms with Gasteiger partial charge in [0.05, 0.1) is 12.3 Å². The van der Waals surface area contributed by atoms with Crippen LogP contribution in [-0.2, 0) is 22.2 Å². The standard InChI is InChI=1S/C21H28N4O2S/c1-16(2)14-24-28(26,27)15-19-5-3-17(4-6-19)13-18-7-9-20(10-8-18)25-21-22-11-12-23-21/h3-10,16,24H,11-15H2,1-2H3,(H2,22,23,25). The van der Waals surface area contributed by atoms with E-state index < -0.39 is 10.0 Å². The van der Waals surface area contributed by atoms with Crippen LogP contribution in [0.5, 0.6) is 0 Å². The molecule has 0 amide bonds. The SMILES string of the molecule is CC(C)CNS(=O)(=O)Cc1ccc(Cc2ccc(NC3=NCCN3)cc2)cc1. The number of nitrogens with zero attached hydrogens (tertiary/aromatic N) is 1. The Morgan fingerprint density at radius 1 is 1.00 bits per heavy atom. The molecule has 0 bridgehead atoms. The van der Waals surface area contributed by atoms with Gasteiger partial charge in [-0.25, -0.2) is 13.1 Å². The van der Waals surface area contributed by atoms with E-state index in [2.05, 4.69) is 32.5 Å². The smallest absolute Gasteiger partial charge is 0.215 e. The molecule has 0 unspecified atom stereocenters. The minimum absolute atomic E-state index is 0.0122. The van der Waals surface area contributed by atoms with Gasteiger partial charge in [-0.1, -0.05) is 50.2 Å². The fraction of sp³-hybridized carbons (Fsp3) is 0.381. The second-order valence-corrected chi connectivity index (χ2v) is 9.28. The predicted molar refractivity (Wildman–Crippen MR) is 115 cm³/mol. The van der Waals surface area contributed by atoms with Gasteiger partial charge in [0.2, 0.25) is 10.0 Å². The van der Waals surface area contributed by atoms with Gasteiger partial charge in [-0.15, -0.1) is 0 Å². The number of guanidine groups is 1. The first-order valence-corrected chi connectivity index (χ1v) is 11.2. The van der Waals surface area contributed by atoms with Crippen molar-refractivity contribution in [1.29, 1.82) is 0 Å². The van der Waals surface area contributed by atoms with Gasteiger partial charge in [-0.05, 0) is 41.2 Å². The van der Waals surface area contributed by atoms with Crippen LogP contribution in [0.25, 0.3) is 0 Å². The Labute approximate surface area is 167 Å². The molecule has 3 N–H and O–H groups in total. The zero-order chi connectivity index (χ0) is 20.0. The lowest BCUT2D eigenvalue weighted by Gasteiger charge is -2.10. The molecule has 3 rings (SSSR count). The van der Waals surface area contributed by atoms with Crippen molar-refractivity contribution in [2.75, 3.05) is 25.0 Å². The molecule has 7 heteroatoms. The number of hydrogen-bond acceptors (Lipinski definition) is 5. The summed E-state index contributed by atoms with van der Waals surface area (Å²) in [5.74, 6) is 1.13. The second kappa shape index (κ2) is 9.21. The molecule has 0 aromatic heterocycles. The van der Waals surface area contributed by atoms with E-state index in [1.165, 1.54) is 5.56 Å². The third kappa shape index (κ3) is 6.35. The summed E-state index contributed by atoms with van der Waals surface area (Å²) in [5.41, 5.74) is 4.15. The summed E-state index contributed by atoms with van der Waals surface area (Å²) in [4.78, 5) is 4.32. The Hall–Kier alpha value is -2.38. The Bertz CT molecular complexity index is 904. The van der Waals surface area contributed by atoms with E-state index >= 15 is 0 Å². The molecule has 2 aromatic rings. The maximum absolute atomic E-state index is 12.1. The maximum Gasteiger partial charge on any atom is 0.215 e. The molecule has 0 radical (unpaired) electrons. The Morgan fingerprint density at radius 3 is 2.18 bits per heavy atom. The lowest BCUT2D eigenvalue weighted by atomic mass is 10.0. The topological polar surface area (TPSA) is 82.6 Å². The third-order valence-corrected chi connectivity index (χ3v) is 5.71. The van der Waals surface area contributed by atoms with E-state index in [0.717, 1.165) is 42.3 Å². The Kier molecular flexibility index (Phi) is 6.70. The highest BCUT2D eigenvalue weighted by Crippen LogP contribution is 2.15. The average molecular weight is 401 g/mol. The van der Waals surface area contributed by atoms with Crippen molar-refractivity contribution in [1.82, 2.24) is 10.0 Å². The fourth-order valence-corrected chi connectivity index (χ4v) is 4.20. The van der Waals surface area contributed by atoms with Crippen molar-refractivity contribution in [3.8, 4) is 0 Å². The van der Waals surface area contributed by atoms with Crippen molar-refractivity contribution in [2.45, 2.75) is 26.0 Å². The molecular formula is C21H28N4O2S. The highest BCUT2D eigenvalue weighted by Gasteiger charge is 2.12. The van der Waals surface area contributed by atoms with Gasteiger partial charge in [-0.2, -0.15) is 0 Å². The third-order valence-electron chi connectivity index (χ3n) is 4.39. The van der Waals surface area contributed by atoms with Crippen LogP contribution in [0.1, 0.15) is 30.5 Å². The first-order chi connectivity index (χ1) is 13.4. The lowest BCUT2D eigenvalue weighted by Crippen LogP contribution is -2.28. The van der Waals surface area contributed by atoms with Crippen LogP contribution >= 0.6 is 0 Å². The lowest BCUT2D eigenvalue weighted by molar-refractivity contribution is 0.559. The molecule has 150 valence electrons. The van der Waals surface area contributed by atoms with E-state index in [4.69, 9.17) is 0 Å². The quantitative estimate of drug-likeness (QED) is 0.636. The number of anilines is 1. The molecule has 0 spiro atoms. The van der Waals surface area contributed by atoms with E-state index in [1.807, 2.05) is 50.2 Å². The predicted octanol–water partition coefficient (Wildman–Crippen LogP) is 2.72. The average Bonchev–Trinajstić information content (AvgIpc) is 3.16. The number of benzene rings is 2. The number of sulfonamides is 1. The summed E-state index contributed by atoms with van der Waals surface area (Å²) in [6.07, 6.45) is 0.804. The summed E-state index contributed by atoms with van der Waals surface area (Å²) < 4.78 is 26.9. The van der Waals surface area contributed by atoms with Gasteiger partial charge in [0.25, 0.3) is 0 Å². The molecule has 6 nitrogen and oxygen atoms in total. The van der Waals surface area contributed by atoms with Crippen molar-refractivity contribution in [3.05, 3.63) is 65.2 Å². The maximum atomic E-state index is 12.1. The normalized spacial score (nSPS) is 14.0. The van der Waals surface area contributed by atoms with Crippen LogP contribution in [0.4, 0.5) is 5.69 Å². The van der Waals surface area contributed by atoms with Crippen LogP contribution in [-0.4, -0.2) is 34.0 Å². The highest BCUT2D eigenvalue weighted by molar-refractivity contribution is 7.88. The zero-order valence-electron chi connectivity index (χ0n) is 16.4. The van der Waals surface area contributed by atoms with E-state index in [0.29, 0.717) is 12.5 Å². The molecule has 1 heterocycles. The summed E-state index contributed by atoms with van der Waals surface area (Å²) in [6.45, 7) is 6.13. The summed E-state index contributed by atoms with van der Waals surface area (Å²) in [5, 5.41) is 6.44. The van der Waals surface area contributed by atoms with E-state index in [-0.39, 0.29) is 5.75 Å². The molecule has 0 atom stereocenters. The van der Waals surface area contributed by atoms with E-state index in [9.17, 15) is 8.42 Å². The first-order valence-electron chi connectivity index (χ1n) is 9.59. The molecule has 0 aliphatic carbocycles. The molecule has 28 heavy (non-hydrogen) atoms. The molecular weight excluding hydrogens is 372 g/mol. The molecule has 0 fully saturated rings.